The lowest BCUT2D eigenvalue weighted by Crippen LogP contribution is -2.53. The number of carbonyl (C=O) groups is 4. The molecular weight excluding hydrogens is 740 g/mol. The molecule has 0 bridgehead atoms. The molecular formula is C46H45ClN4O6. The van der Waals surface area contributed by atoms with Crippen molar-refractivity contribution in [2.45, 2.75) is 56.8 Å². The SMILES string of the molecule is O=C(O)N[C@H](CCc1ccccc1)C(=O)N1C[C@H](Cc2cccc(Cl)c2)C[C@H]1C(=O)NCc1ccc(CNC(=O)OCC2c3ccccc3-c3ccccc32)cc1. The highest BCUT2D eigenvalue weighted by Gasteiger charge is 2.42. The second-order valence-electron chi connectivity index (χ2n) is 14.7. The summed E-state index contributed by atoms with van der Waals surface area (Å²) < 4.78 is 5.67. The molecule has 1 aliphatic heterocycles. The Hall–Kier alpha value is -6.13. The summed E-state index contributed by atoms with van der Waals surface area (Å²) in [5.74, 6) is -0.792. The van der Waals surface area contributed by atoms with Crippen molar-refractivity contribution in [2.75, 3.05) is 13.2 Å². The fourth-order valence-corrected chi connectivity index (χ4v) is 8.24. The van der Waals surface area contributed by atoms with Gasteiger partial charge in [-0.1, -0.05) is 127 Å². The molecule has 0 spiro atoms. The predicted molar refractivity (Wildman–Crippen MR) is 219 cm³/mol. The normalized spacial score (nSPS) is 16.3. The van der Waals surface area contributed by atoms with E-state index >= 15 is 0 Å². The average Bonchev–Trinajstić information content (AvgIpc) is 3.79. The molecule has 1 fully saturated rings. The maximum atomic E-state index is 14.1. The van der Waals surface area contributed by atoms with E-state index in [9.17, 15) is 24.3 Å². The van der Waals surface area contributed by atoms with E-state index in [0.29, 0.717) is 30.8 Å². The van der Waals surface area contributed by atoms with Gasteiger partial charge in [0.1, 0.15) is 18.7 Å². The number of alkyl carbamates (subject to hydrolysis) is 1. The molecule has 4 N–H and O–H groups in total. The van der Waals surface area contributed by atoms with E-state index in [1.165, 1.54) is 16.0 Å². The van der Waals surface area contributed by atoms with Gasteiger partial charge < -0.3 is 30.7 Å². The third kappa shape index (κ3) is 9.82. The molecule has 57 heavy (non-hydrogen) atoms. The van der Waals surface area contributed by atoms with Gasteiger partial charge in [-0.25, -0.2) is 9.59 Å². The second kappa shape index (κ2) is 18.2. The van der Waals surface area contributed by atoms with Crippen LogP contribution in [0.2, 0.25) is 5.02 Å². The van der Waals surface area contributed by atoms with Crippen LogP contribution in [0.15, 0.2) is 127 Å². The summed E-state index contributed by atoms with van der Waals surface area (Å²) in [4.78, 5) is 53.9. The first-order chi connectivity index (χ1) is 27.7. The zero-order chi connectivity index (χ0) is 39.7. The summed E-state index contributed by atoms with van der Waals surface area (Å²) >= 11 is 6.25. The van der Waals surface area contributed by atoms with Crippen LogP contribution in [0.4, 0.5) is 9.59 Å². The van der Waals surface area contributed by atoms with Gasteiger partial charge in [0.25, 0.3) is 0 Å². The molecule has 5 aromatic rings. The lowest BCUT2D eigenvalue weighted by atomic mass is 9.96. The van der Waals surface area contributed by atoms with Crippen LogP contribution < -0.4 is 16.0 Å². The monoisotopic (exact) mass is 784 g/mol. The van der Waals surface area contributed by atoms with Crippen molar-refractivity contribution in [3.8, 4) is 11.1 Å². The van der Waals surface area contributed by atoms with E-state index in [1.54, 1.807) is 6.07 Å². The number of carboxylic acid groups (broad SMARTS) is 1. The van der Waals surface area contributed by atoms with Gasteiger partial charge in [0, 0.05) is 30.6 Å². The summed E-state index contributed by atoms with van der Waals surface area (Å²) in [6.45, 7) is 1.03. The molecule has 7 rings (SSSR count). The number of hydrogen-bond donors (Lipinski definition) is 4. The van der Waals surface area contributed by atoms with Gasteiger partial charge in [0.15, 0.2) is 0 Å². The fraction of sp³-hybridized carbons (Fsp3) is 0.261. The zero-order valence-corrected chi connectivity index (χ0v) is 32.2. The van der Waals surface area contributed by atoms with Crippen molar-refractivity contribution in [1.82, 2.24) is 20.9 Å². The first-order valence-corrected chi connectivity index (χ1v) is 19.6. The van der Waals surface area contributed by atoms with E-state index < -0.39 is 30.2 Å². The van der Waals surface area contributed by atoms with Crippen molar-refractivity contribution in [2.24, 2.45) is 5.92 Å². The number of aryl methyl sites for hydroxylation is 1. The Morgan fingerprint density at radius 2 is 1.35 bits per heavy atom. The minimum atomic E-state index is -1.30. The van der Waals surface area contributed by atoms with E-state index in [1.807, 2.05) is 97.1 Å². The predicted octanol–water partition coefficient (Wildman–Crippen LogP) is 7.72. The molecule has 0 saturated carbocycles. The number of carbonyl (C=O) groups excluding carboxylic acids is 3. The lowest BCUT2D eigenvalue weighted by molar-refractivity contribution is -0.140. The van der Waals surface area contributed by atoms with Crippen molar-refractivity contribution in [3.05, 3.63) is 166 Å². The number of hydrogen-bond acceptors (Lipinski definition) is 5. The Bertz CT molecular complexity index is 2170. The van der Waals surface area contributed by atoms with Crippen LogP contribution >= 0.6 is 11.6 Å². The van der Waals surface area contributed by atoms with Gasteiger partial charge in [0.05, 0.1) is 0 Å². The highest BCUT2D eigenvalue weighted by Crippen LogP contribution is 2.44. The number of ether oxygens (including phenoxy) is 1. The maximum Gasteiger partial charge on any atom is 0.407 e. The van der Waals surface area contributed by atoms with E-state index in [-0.39, 0.29) is 43.9 Å². The van der Waals surface area contributed by atoms with Gasteiger partial charge in [0.2, 0.25) is 11.8 Å². The molecule has 1 aliphatic carbocycles. The molecule has 10 nitrogen and oxygen atoms in total. The summed E-state index contributed by atoms with van der Waals surface area (Å²) in [5, 5.41) is 18.5. The van der Waals surface area contributed by atoms with Crippen LogP contribution in [0, 0.1) is 5.92 Å². The molecule has 11 heteroatoms. The summed E-state index contributed by atoms with van der Waals surface area (Å²) in [7, 11) is 0. The molecule has 3 atom stereocenters. The van der Waals surface area contributed by atoms with Gasteiger partial charge in [-0.2, -0.15) is 0 Å². The Kier molecular flexibility index (Phi) is 12.5. The molecule has 1 saturated heterocycles. The molecule has 0 unspecified atom stereocenters. The number of halogens is 1. The number of rotatable bonds is 14. The van der Waals surface area contributed by atoms with E-state index in [0.717, 1.165) is 33.4 Å². The third-order valence-electron chi connectivity index (χ3n) is 10.8. The quantitative estimate of drug-likeness (QED) is 0.0911. The van der Waals surface area contributed by atoms with Crippen LogP contribution in [-0.2, 0) is 40.3 Å². The maximum absolute atomic E-state index is 14.1. The molecule has 292 valence electrons. The standard InChI is InChI=1S/C46H45ClN4O6/c47-35-12-8-11-33(24-35)23-34-25-42(51(28-34)44(53)41(50-45(54)55)22-21-30-9-2-1-3-10-30)43(52)48-26-31-17-19-32(20-18-31)27-49-46(56)57-29-40-38-15-6-4-13-36(38)37-14-5-7-16-39(37)40/h1-20,24,34,40-42,50H,21-23,25-29H2,(H,48,52)(H,49,56)(H,54,55)/t34-,41-,42+/m1/s1. The van der Waals surface area contributed by atoms with Crippen LogP contribution in [0.25, 0.3) is 11.1 Å². The summed E-state index contributed by atoms with van der Waals surface area (Å²) in [5.41, 5.74) is 8.32. The summed E-state index contributed by atoms with van der Waals surface area (Å²) in [6.07, 6.45) is -0.0243. The van der Waals surface area contributed by atoms with Crippen LogP contribution in [0.1, 0.15) is 52.1 Å². The number of fused-ring (bicyclic) bond motifs is 3. The Balaban J connectivity index is 0.943. The highest BCUT2D eigenvalue weighted by atomic mass is 35.5. The van der Waals surface area contributed by atoms with Crippen molar-refractivity contribution in [1.29, 1.82) is 0 Å². The molecule has 5 aromatic carbocycles. The van der Waals surface area contributed by atoms with Crippen molar-refractivity contribution >= 4 is 35.6 Å². The highest BCUT2D eigenvalue weighted by molar-refractivity contribution is 6.30. The first kappa shape index (κ1) is 39.1. The Morgan fingerprint density at radius 3 is 2.00 bits per heavy atom. The zero-order valence-electron chi connectivity index (χ0n) is 31.4. The average molecular weight is 785 g/mol. The van der Waals surface area contributed by atoms with Crippen LogP contribution in [-0.4, -0.2) is 59.2 Å². The third-order valence-corrected chi connectivity index (χ3v) is 11.1. The Labute approximate surface area is 337 Å². The van der Waals surface area contributed by atoms with E-state index in [2.05, 4.69) is 40.2 Å². The minimum absolute atomic E-state index is 0.0246. The number of likely N-dealkylation sites (tertiary alicyclic amines) is 1. The molecule has 2 aliphatic rings. The topological polar surface area (TPSA) is 137 Å². The van der Waals surface area contributed by atoms with Crippen molar-refractivity contribution < 1.29 is 29.0 Å². The van der Waals surface area contributed by atoms with Gasteiger partial charge in [-0.15, -0.1) is 0 Å². The minimum Gasteiger partial charge on any atom is -0.465 e. The second-order valence-corrected chi connectivity index (χ2v) is 15.1. The smallest absolute Gasteiger partial charge is 0.407 e. The molecule has 0 aromatic heterocycles. The van der Waals surface area contributed by atoms with Crippen LogP contribution in [0.3, 0.4) is 0 Å². The fourth-order valence-electron chi connectivity index (χ4n) is 8.03. The molecule has 0 radical (unpaired) electrons. The number of nitrogens with zero attached hydrogens (tertiary/aromatic N) is 1. The number of amides is 4. The molecule has 1 heterocycles. The number of nitrogens with one attached hydrogen (secondary N) is 3. The lowest BCUT2D eigenvalue weighted by Gasteiger charge is -2.28. The van der Waals surface area contributed by atoms with Crippen LogP contribution in [0.5, 0.6) is 0 Å². The van der Waals surface area contributed by atoms with Gasteiger partial charge in [-0.3, -0.25) is 9.59 Å². The largest absolute Gasteiger partial charge is 0.465 e. The Morgan fingerprint density at radius 1 is 0.737 bits per heavy atom. The van der Waals surface area contributed by atoms with E-state index in [4.69, 9.17) is 16.3 Å². The summed E-state index contributed by atoms with van der Waals surface area (Å²) in [6, 6.07) is 39.2. The number of benzene rings is 5. The van der Waals surface area contributed by atoms with Gasteiger partial charge in [-0.05, 0) is 88.2 Å². The first-order valence-electron chi connectivity index (χ1n) is 19.2. The van der Waals surface area contributed by atoms with Crippen molar-refractivity contribution in [3.63, 3.8) is 0 Å². The van der Waals surface area contributed by atoms with Gasteiger partial charge >= 0.3 is 12.2 Å². The molecule has 4 amide bonds.